The van der Waals surface area contributed by atoms with Crippen LogP contribution in [0.15, 0.2) is 24.3 Å². The number of hydrogen-bond acceptors (Lipinski definition) is 14. The lowest BCUT2D eigenvalue weighted by atomic mass is 9.89. The molecule has 2 rings (SSSR count). The molecular weight excluding hydrogens is 927 g/mol. The molecule has 1 heterocycles. The Morgan fingerprint density at radius 2 is 1.41 bits per heavy atom. The first-order valence-corrected chi connectivity index (χ1v) is 24.1. The Balaban J connectivity index is 2.66. The summed E-state index contributed by atoms with van der Waals surface area (Å²) < 4.78 is 27.0. The van der Waals surface area contributed by atoms with E-state index in [0.717, 1.165) is 11.9 Å². The third-order valence-corrected chi connectivity index (χ3v) is 12.7. The Kier molecular flexibility index (Phi) is 22.5. The fraction of sp³-hybridized carbons (Fsp3) is 0.605. The molecule has 0 aromatic heterocycles. The number of carbonyl (C=O) groups excluding carboxylic acids is 11. The highest BCUT2D eigenvalue weighted by atomic mass is 32.2. The molecule has 14 N–H and O–H groups in total. The molecule has 0 bridgehead atoms. The maximum absolute atomic E-state index is 14.1. The zero-order chi connectivity index (χ0) is 52.4. The van der Waals surface area contributed by atoms with Crippen LogP contribution in [0.2, 0.25) is 0 Å². The largest absolute Gasteiger partial charge is 0.508 e. The summed E-state index contributed by atoms with van der Waals surface area (Å²) in [6, 6.07) is -2.55. The van der Waals surface area contributed by atoms with Crippen LogP contribution < -0.4 is 54.4 Å². The van der Waals surface area contributed by atoms with E-state index >= 15 is 0 Å². The van der Waals surface area contributed by atoms with Crippen molar-refractivity contribution in [3.63, 3.8) is 0 Å². The van der Waals surface area contributed by atoms with Crippen LogP contribution in [-0.2, 0) is 69.0 Å². The molecule has 0 aliphatic carbocycles. The number of phenolic OH excluding ortho intramolecular Hbond substituents is 1. The van der Waals surface area contributed by atoms with Gasteiger partial charge in [0.25, 0.3) is 0 Å². The highest BCUT2D eigenvalue weighted by molar-refractivity contribution is 7.91. The van der Waals surface area contributed by atoms with Gasteiger partial charge in [-0.3, -0.25) is 52.7 Å². The second-order valence-corrected chi connectivity index (χ2v) is 20.0. The van der Waals surface area contributed by atoms with Crippen molar-refractivity contribution in [1.82, 2.24) is 42.1 Å². The number of hydrogen-bond donors (Lipinski definition) is 11. The van der Waals surface area contributed by atoms with Crippen LogP contribution in [0, 0.1) is 11.8 Å². The quantitative estimate of drug-likeness (QED) is 0.0664. The highest BCUT2D eigenvalue weighted by Gasteiger charge is 2.38. The fourth-order valence-corrected chi connectivity index (χ4v) is 8.56. The van der Waals surface area contributed by atoms with Crippen molar-refractivity contribution in [3.8, 4) is 5.75 Å². The van der Waals surface area contributed by atoms with E-state index in [1.807, 2.05) is 0 Å². The summed E-state index contributed by atoms with van der Waals surface area (Å²) >= 11 is 0. The number of aromatic hydroxyl groups is 1. The molecule has 1 aliphatic rings. The van der Waals surface area contributed by atoms with E-state index in [4.69, 9.17) is 17.2 Å². The molecular formula is C43H67N11O14S. The Bertz CT molecular complexity index is 2190. The van der Waals surface area contributed by atoms with Crippen LogP contribution in [0.25, 0.3) is 0 Å². The van der Waals surface area contributed by atoms with Gasteiger partial charge in [0.15, 0.2) is 9.84 Å². The van der Waals surface area contributed by atoms with Crippen molar-refractivity contribution in [1.29, 1.82) is 0 Å². The fourth-order valence-electron chi connectivity index (χ4n) is 7.26. The SMILES string of the molecule is CC[C@H](C)[C@@H]1NC(=O)[C@@H](Cc2ccc(O)cc2)NC(=O)CCS(=O)(=O)CC[C@@H](C(=O)N(C)CC(=O)N[C@@](C)(CC(C)C)C(=O)NCC(N)=O)NC(=O)[C@H](CC(N)=O)NC(=O)[C@H](CCC(N)=O)NC1=O. The van der Waals surface area contributed by atoms with Gasteiger partial charge >= 0.3 is 0 Å². The number of nitrogens with two attached hydrogens (primary N) is 3. The molecule has 384 valence electrons. The average molecular weight is 994 g/mol. The van der Waals surface area contributed by atoms with Crippen molar-refractivity contribution in [2.45, 2.75) is 122 Å². The van der Waals surface area contributed by atoms with Crippen LogP contribution in [-0.4, -0.2) is 151 Å². The standard InChI is InChI=1S/C43H67N11O14S/c1-7-24(4)36-40(64)49-27(12-13-31(44)56)37(61)51-30(19-32(45)57)38(62)50-28(41(65)54(6)22-35(60)53-43(5,20-23(2)3)42(66)47-21-33(46)58)14-16-69(67,68)17-15-34(59)48-29(39(63)52-36)18-25-8-10-26(55)11-9-25/h8-11,23-24,27-30,36,55H,7,12-22H2,1-6H3,(H2,44,56)(H2,45,57)(H2,46,58)(H,47,66)(H,48,59)(H,49,64)(H,50,62)(H,51,61)(H,52,63)(H,53,60)/t24-,27-,28-,29+,30-,36-,43-/m0/s1. The molecule has 26 heteroatoms. The zero-order valence-corrected chi connectivity index (χ0v) is 40.5. The third-order valence-electron chi connectivity index (χ3n) is 11.1. The number of phenols is 1. The maximum Gasteiger partial charge on any atom is 0.245 e. The molecule has 1 aromatic rings. The molecule has 0 radical (unpaired) electrons. The number of rotatable bonds is 18. The predicted octanol–water partition coefficient (Wildman–Crippen LogP) is -4.26. The van der Waals surface area contributed by atoms with Crippen LogP contribution in [0.4, 0.5) is 0 Å². The lowest BCUT2D eigenvalue weighted by Gasteiger charge is -2.32. The smallest absolute Gasteiger partial charge is 0.245 e. The Morgan fingerprint density at radius 3 is 1.97 bits per heavy atom. The molecule has 1 saturated heterocycles. The Hall–Kier alpha value is -6.86. The maximum atomic E-state index is 14.1. The topological polar surface area (TPSA) is 408 Å². The average Bonchev–Trinajstić information content (AvgIpc) is 3.25. The Morgan fingerprint density at radius 1 is 0.812 bits per heavy atom. The molecule has 1 fully saturated rings. The van der Waals surface area contributed by atoms with Crippen LogP contribution in [0.1, 0.15) is 85.1 Å². The zero-order valence-electron chi connectivity index (χ0n) is 39.7. The van der Waals surface area contributed by atoms with E-state index in [9.17, 15) is 66.3 Å². The molecule has 7 atom stereocenters. The lowest BCUT2D eigenvalue weighted by molar-refractivity contribution is -0.140. The molecule has 1 aromatic carbocycles. The van der Waals surface area contributed by atoms with Gasteiger partial charge < -0.3 is 64.4 Å². The molecule has 0 unspecified atom stereocenters. The van der Waals surface area contributed by atoms with Gasteiger partial charge in [0.1, 0.15) is 41.5 Å². The van der Waals surface area contributed by atoms with E-state index in [1.54, 1.807) is 27.7 Å². The summed E-state index contributed by atoms with van der Waals surface area (Å²) in [7, 11) is -3.16. The number of primary amides is 3. The van der Waals surface area contributed by atoms with E-state index in [1.165, 1.54) is 31.2 Å². The van der Waals surface area contributed by atoms with E-state index in [2.05, 4.69) is 37.2 Å². The molecule has 69 heavy (non-hydrogen) atoms. The summed E-state index contributed by atoms with van der Waals surface area (Å²) in [6.45, 7) is 6.90. The molecule has 0 spiro atoms. The number of likely N-dealkylation sites (N-methyl/N-ethyl adjacent to an activating group) is 1. The van der Waals surface area contributed by atoms with Gasteiger partial charge in [-0.25, -0.2) is 8.42 Å². The van der Waals surface area contributed by atoms with Crippen molar-refractivity contribution >= 4 is 74.8 Å². The number of sulfone groups is 1. The van der Waals surface area contributed by atoms with Gasteiger partial charge in [-0.2, -0.15) is 0 Å². The van der Waals surface area contributed by atoms with Gasteiger partial charge in [-0.05, 0) is 55.7 Å². The first-order chi connectivity index (χ1) is 32.1. The summed E-state index contributed by atoms with van der Waals surface area (Å²) in [5.41, 5.74) is 14.8. The van der Waals surface area contributed by atoms with E-state index < -0.39 is 173 Å². The number of nitrogens with zero attached hydrogens (tertiary/aromatic N) is 1. The number of carbonyl (C=O) groups is 11. The minimum Gasteiger partial charge on any atom is -0.508 e. The predicted molar refractivity (Wildman–Crippen MR) is 247 cm³/mol. The molecule has 0 saturated carbocycles. The van der Waals surface area contributed by atoms with Crippen molar-refractivity contribution in [3.05, 3.63) is 29.8 Å². The van der Waals surface area contributed by atoms with Crippen LogP contribution in [0.3, 0.4) is 0 Å². The molecule has 11 amide bonds. The summed E-state index contributed by atoms with van der Waals surface area (Å²) in [4.78, 5) is 146. The number of benzene rings is 1. The number of amides is 11. The van der Waals surface area contributed by atoms with Crippen molar-refractivity contribution in [2.75, 3.05) is 31.6 Å². The normalized spacial score (nSPS) is 22.1. The minimum absolute atomic E-state index is 0.0698. The van der Waals surface area contributed by atoms with Gasteiger partial charge in [0.05, 0.1) is 31.0 Å². The summed E-state index contributed by atoms with van der Waals surface area (Å²) in [6.07, 6.45) is -3.06. The lowest BCUT2D eigenvalue weighted by Crippen LogP contribution is -2.61. The third kappa shape index (κ3) is 20.1. The van der Waals surface area contributed by atoms with Crippen LogP contribution in [0.5, 0.6) is 5.75 Å². The highest BCUT2D eigenvalue weighted by Crippen LogP contribution is 2.18. The second kappa shape index (κ2) is 26.6. The number of nitrogens with one attached hydrogen (secondary N) is 7. The first kappa shape index (κ1) is 58.3. The summed E-state index contributed by atoms with van der Waals surface area (Å²) in [5.74, 6) is -13.3. The molecule has 1 aliphatic heterocycles. The van der Waals surface area contributed by atoms with Gasteiger partial charge in [-0.15, -0.1) is 0 Å². The second-order valence-electron chi connectivity index (χ2n) is 17.7. The van der Waals surface area contributed by atoms with Crippen molar-refractivity contribution < 1.29 is 66.3 Å². The van der Waals surface area contributed by atoms with Gasteiger partial charge in [0.2, 0.25) is 65.0 Å². The van der Waals surface area contributed by atoms with E-state index in [-0.39, 0.29) is 30.9 Å². The van der Waals surface area contributed by atoms with E-state index in [0.29, 0.717) is 5.56 Å². The first-order valence-electron chi connectivity index (χ1n) is 22.2. The monoisotopic (exact) mass is 993 g/mol. The minimum atomic E-state index is -4.28. The van der Waals surface area contributed by atoms with Crippen molar-refractivity contribution in [2.24, 2.45) is 29.0 Å². The van der Waals surface area contributed by atoms with Gasteiger partial charge in [-0.1, -0.05) is 46.2 Å². The Labute approximate surface area is 400 Å². The summed E-state index contributed by atoms with van der Waals surface area (Å²) in [5, 5.41) is 26.8. The molecule has 25 nitrogen and oxygen atoms in total. The van der Waals surface area contributed by atoms with Gasteiger partial charge in [0, 0.05) is 26.3 Å². The van der Waals surface area contributed by atoms with Crippen LogP contribution >= 0.6 is 0 Å².